The van der Waals surface area contributed by atoms with Crippen LogP contribution in [0, 0.1) is 5.82 Å². The number of fused-ring (bicyclic) bond motifs is 1. The molecule has 106 valence electrons. The van der Waals surface area contributed by atoms with Crippen LogP contribution in [0.2, 0.25) is 0 Å². The van der Waals surface area contributed by atoms with Crippen LogP contribution in [0.15, 0.2) is 51.4 Å². The van der Waals surface area contributed by atoms with Crippen molar-refractivity contribution in [2.45, 2.75) is 6.92 Å². The summed E-state index contributed by atoms with van der Waals surface area (Å²) in [7, 11) is 0. The van der Waals surface area contributed by atoms with Gasteiger partial charge in [0.25, 0.3) is 0 Å². The van der Waals surface area contributed by atoms with Gasteiger partial charge in [-0.3, -0.25) is 4.79 Å². The van der Waals surface area contributed by atoms with Crippen LogP contribution in [-0.4, -0.2) is 5.97 Å². The summed E-state index contributed by atoms with van der Waals surface area (Å²) in [5.41, 5.74) is 1.31. The van der Waals surface area contributed by atoms with Crippen LogP contribution in [0.3, 0.4) is 0 Å². The molecule has 0 saturated carbocycles. The Kier molecular flexibility index (Phi) is 3.51. The van der Waals surface area contributed by atoms with E-state index in [2.05, 4.69) is 15.9 Å². The molecule has 0 aliphatic carbocycles. The second-order valence-corrected chi connectivity index (χ2v) is 5.27. The maximum Gasteiger partial charge on any atom is 0.308 e. The van der Waals surface area contributed by atoms with Crippen LogP contribution >= 0.6 is 15.9 Å². The molecule has 0 N–H and O–H groups in total. The molecule has 0 bridgehead atoms. The Morgan fingerprint density at radius 1 is 1.19 bits per heavy atom. The van der Waals surface area contributed by atoms with Crippen molar-refractivity contribution in [3.8, 4) is 17.1 Å². The molecule has 2 aromatic carbocycles. The lowest BCUT2D eigenvalue weighted by Crippen LogP contribution is -2.01. The molecule has 0 atom stereocenters. The van der Waals surface area contributed by atoms with Crippen molar-refractivity contribution in [3.05, 3.63) is 52.8 Å². The predicted octanol–water partition coefficient (Wildman–Crippen LogP) is 4.93. The summed E-state index contributed by atoms with van der Waals surface area (Å²) >= 11 is 3.47. The van der Waals surface area contributed by atoms with Gasteiger partial charge in [-0.25, -0.2) is 4.39 Å². The number of rotatable bonds is 2. The molecule has 0 saturated heterocycles. The van der Waals surface area contributed by atoms with Gasteiger partial charge in [0, 0.05) is 12.5 Å². The molecule has 0 radical (unpaired) electrons. The van der Waals surface area contributed by atoms with E-state index in [-0.39, 0.29) is 5.82 Å². The van der Waals surface area contributed by atoms with Gasteiger partial charge >= 0.3 is 5.97 Å². The average Bonchev–Trinajstić information content (AvgIpc) is 2.78. The number of carbonyl (C=O) groups excluding carboxylic acids is 1. The quantitative estimate of drug-likeness (QED) is 0.487. The molecule has 3 nitrogen and oxygen atoms in total. The highest BCUT2D eigenvalue weighted by molar-refractivity contribution is 9.10. The highest BCUT2D eigenvalue weighted by Crippen LogP contribution is 2.42. The van der Waals surface area contributed by atoms with Crippen LogP contribution in [0.4, 0.5) is 4.39 Å². The number of carbonyl (C=O) groups is 1. The van der Waals surface area contributed by atoms with Gasteiger partial charge < -0.3 is 9.15 Å². The van der Waals surface area contributed by atoms with Crippen LogP contribution in [0.1, 0.15) is 6.92 Å². The molecule has 0 spiro atoms. The van der Waals surface area contributed by atoms with Crippen LogP contribution < -0.4 is 4.74 Å². The Bertz CT molecular complexity index is 821. The first-order chi connectivity index (χ1) is 10.1. The van der Waals surface area contributed by atoms with E-state index in [4.69, 9.17) is 9.15 Å². The Hall–Kier alpha value is -2.14. The van der Waals surface area contributed by atoms with Crippen molar-refractivity contribution in [2.24, 2.45) is 0 Å². The number of hydrogen-bond acceptors (Lipinski definition) is 3. The molecule has 0 amide bonds. The topological polar surface area (TPSA) is 39.4 Å². The Balaban J connectivity index is 2.20. The minimum Gasteiger partial charge on any atom is -0.455 e. The summed E-state index contributed by atoms with van der Waals surface area (Å²) in [4.78, 5) is 11.2. The largest absolute Gasteiger partial charge is 0.455 e. The summed E-state index contributed by atoms with van der Waals surface area (Å²) < 4.78 is 24.7. The van der Waals surface area contributed by atoms with Crippen molar-refractivity contribution < 1.29 is 18.3 Å². The van der Waals surface area contributed by atoms with E-state index >= 15 is 0 Å². The molecule has 3 aromatic rings. The fourth-order valence-corrected chi connectivity index (χ4v) is 2.81. The summed E-state index contributed by atoms with van der Waals surface area (Å²) in [6.45, 7) is 1.34. The molecule has 1 aromatic heterocycles. The fraction of sp³-hybridized carbons (Fsp3) is 0.0625. The van der Waals surface area contributed by atoms with Gasteiger partial charge in [-0.2, -0.15) is 0 Å². The standard InChI is InChI=1S/C16H10BrFO3/c1-9(19)20-12-3-2-4-13-14(12)15(17)16(21-13)10-5-7-11(18)8-6-10/h2-8H,1H3. The molecule has 0 aliphatic rings. The van der Waals surface area contributed by atoms with Crippen molar-refractivity contribution in [1.82, 2.24) is 0 Å². The molecular weight excluding hydrogens is 339 g/mol. The van der Waals surface area contributed by atoms with E-state index in [0.29, 0.717) is 27.0 Å². The summed E-state index contributed by atoms with van der Waals surface area (Å²) in [6, 6.07) is 11.2. The first-order valence-electron chi connectivity index (χ1n) is 6.21. The Morgan fingerprint density at radius 2 is 1.90 bits per heavy atom. The van der Waals surface area contributed by atoms with Crippen LogP contribution in [0.25, 0.3) is 22.3 Å². The van der Waals surface area contributed by atoms with Crippen molar-refractivity contribution >= 4 is 32.9 Å². The second kappa shape index (κ2) is 5.33. The number of benzene rings is 2. The van der Waals surface area contributed by atoms with Gasteiger partial charge in [0.15, 0.2) is 0 Å². The number of ether oxygens (including phenoxy) is 1. The third-order valence-corrected chi connectivity index (χ3v) is 3.74. The van der Waals surface area contributed by atoms with Gasteiger partial charge in [-0.15, -0.1) is 0 Å². The molecule has 0 unspecified atom stereocenters. The predicted molar refractivity (Wildman–Crippen MR) is 80.6 cm³/mol. The third kappa shape index (κ3) is 2.56. The van der Waals surface area contributed by atoms with Crippen molar-refractivity contribution in [3.63, 3.8) is 0 Å². The van der Waals surface area contributed by atoms with Crippen LogP contribution in [0.5, 0.6) is 5.75 Å². The van der Waals surface area contributed by atoms with E-state index in [1.807, 2.05) is 0 Å². The van der Waals surface area contributed by atoms with Crippen molar-refractivity contribution in [1.29, 1.82) is 0 Å². The summed E-state index contributed by atoms with van der Waals surface area (Å²) in [5, 5.41) is 0.673. The normalized spacial score (nSPS) is 10.8. The van der Waals surface area contributed by atoms with Crippen molar-refractivity contribution in [2.75, 3.05) is 0 Å². The first-order valence-corrected chi connectivity index (χ1v) is 7.01. The molecule has 0 fully saturated rings. The van der Waals surface area contributed by atoms with E-state index in [1.165, 1.54) is 19.1 Å². The molecule has 1 heterocycles. The molecule has 5 heteroatoms. The SMILES string of the molecule is CC(=O)Oc1cccc2oc(-c3ccc(F)cc3)c(Br)c12. The monoisotopic (exact) mass is 348 g/mol. The van der Waals surface area contributed by atoms with Gasteiger partial charge in [0.2, 0.25) is 0 Å². The number of halogens is 2. The van der Waals surface area contributed by atoms with Crippen LogP contribution in [-0.2, 0) is 4.79 Å². The Morgan fingerprint density at radius 3 is 2.57 bits per heavy atom. The van der Waals surface area contributed by atoms with E-state index in [9.17, 15) is 9.18 Å². The Labute approximate surface area is 128 Å². The zero-order valence-corrected chi connectivity index (χ0v) is 12.6. The average molecular weight is 349 g/mol. The zero-order chi connectivity index (χ0) is 15.0. The van der Waals surface area contributed by atoms with Gasteiger partial charge in [-0.1, -0.05) is 6.07 Å². The summed E-state index contributed by atoms with van der Waals surface area (Å²) in [6.07, 6.45) is 0. The lowest BCUT2D eigenvalue weighted by atomic mass is 10.1. The minimum atomic E-state index is -0.404. The lowest BCUT2D eigenvalue weighted by Gasteiger charge is -2.02. The first kappa shape index (κ1) is 13.8. The van der Waals surface area contributed by atoms with Gasteiger partial charge in [0.05, 0.1) is 9.86 Å². The third-order valence-electron chi connectivity index (χ3n) is 2.98. The smallest absolute Gasteiger partial charge is 0.308 e. The minimum absolute atomic E-state index is 0.313. The fourth-order valence-electron chi connectivity index (χ4n) is 2.11. The highest BCUT2D eigenvalue weighted by Gasteiger charge is 2.18. The van der Waals surface area contributed by atoms with E-state index in [1.54, 1.807) is 30.3 Å². The molecule has 0 aliphatic heterocycles. The van der Waals surface area contributed by atoms with E-state index < -0.39 is 5.97 Å². The zero-order valence-electron chi connectivity index (χ0n) is 11.0. The van der Waals surface area contributed by atoms with Gasteiger partial charge in [-0.05, 0) is 52.3 Å². The molecule has 3 rings (SSSR count). The highest BCUT2D eigenvalue weighted by atomic mass is 79.9. The number of hydrogen-bond donors (Lipinski definition) is 0. The second-order valence-electron chi connectivity index (χ2n) is 4.47. The lowest BCUT2D eigenvalue weighted by molar-refractivity contribution is -0.131. The number of esters is 1. The maximum absolute atomic E-state index is 13.0. The molecular formula is C16H10BrFO3. The summed E-state index contributed by atoms with van der Waals surface area (Å²) in [5.74, 6) is 0.263. The number of furan rings is 1. The molecule has 21 heavy (non-hydrogen) atoms. The van der Waals surface area contributed by atoms with Gasteiger partial charge in [0.1, 0.15) is 22.9 Å². The maximum atomic E-state index is 13.0. The van der Waals surface area contributed by atoms with E-state index in [0.717, 1.165) is 5.56 Å².